The molecule has 82 heavy (non-hydrogen) atoms. The van der Waals surface area contributed by atoms with Gasteiger partial charge in [0, 0.05) is 77.0 Å². The molecular weight excluding hydrogens is 1010 g/mol. The van der Waals surface area contributed by atoms with Gasteiger partial charge in [-0.05, 0) is 97.1 Å². The van der Waals surface area contributed by atoms with Crippen molar-refractivity contribution in [3.63, 3.8) is 0 Å². The number of fused-ring (bicyclic) bond motifs is 21. The van der Waals surface area contributed by atoms with Crippen LogP contribution in [0.15, 0.2) is 182 Å². The maximum atomic E-state index is 5.70. The Balaban J connectivity index is 1.07. The second-order valence-electron chi connectivity index (χ2n) is 21.3. The Hall–Kier alpha value is -11.6. The van der Waals surface area contributed by atoms with Crippen LogP contribution in [0.3, 0.4) is 0 Å². The fraction of sp³-hybridized carbons (Fsp3) is 0. The van der Waals surface area contributed by atoms with Crippen molar-refractivity contribution in [2.24, 2.45) is 0 Å². The van der Waals surface area contributed by atoms with E-state index in [2.05, 4.69) is 121 Å². The third-order valence-electron chi connectivity index (χ3n) is 16.7. The molecule has 0 saturated carbocycles. The molecule has 372 valence electrons. The number of hydrogen-bond acceptors (Lipinski definition) is 14. The molecule has 20 aromatic rings. The zero-order valence-electron chi connectivity index (χ0n) is 42.6. The second-order valence-corrected chi connectivity index (χ2v) is 21.3. The summed E-state index contributed by atoms with van der Waals surface area (Å²) in [5, 5.41) is 10.4. The fourth-order valence-corrected chi connectivity index (χ4v) is 12.7. The van der Waals surface area contributed by atoms with Gasteiger partial charge >= 0.3 is 0 Å². The van der Waals surface area contributed by atoms with Crippen molar-refractivity contribution in [3.8, 4) is 0 Å². The lowest BCUT2D eigenvalue weighted by atomic mass is 10.0. The minimum Gasteiger partial charge on any atom is -0.255 e. The van der Waals surface area contributed by atoms with Crippen LogP contribution in [0.25, 0.3) is 208 Å². The number of aromatic nitrogens is 14. The lowest BCUT2D eigenvalue weighted by Gasteiger charge is -2.11. The SMILES string of the molecule is c1cc2c3ccc4ccc5ccc(nc5c4n3)c3cc4nc5c(cc(nc35)c3ccc(n1)c2n3)c1ccc2ccc3ccc(nc3c2n1)c1cc2nc3c(cc4nc13)c1ccc3ccc4ccc(nc4c3n1)c1ccnc3ccc2nc31. The summed E-state index contributed by atoms with van der Waals surface area (Å²) >= 11 is 0. The van der Waals surface area contributed by atoms with Crippen molar-refractivity contribution < 1.29 is 0 Å². The topological polar surface area (TPSA) is 180 Å². The van der Waals surface area contributed by atoms with Gasteiger partial charge in [0.2, 0.25) is 0 Å². The van der Waals surface area contributed by atoms with Crippen molar-refractivity contribution in [3.05, 3.63) is 182 Å². The van der Waals surface area contributed by atoms with Crippen LogP contribution >= 0.6 is 0 Å². The molecule has 0 N–H and O–H groups in total. The average Bonchev–Trinajstić information content (AvgIpc) is 2.17. The van der Waals surface area contributed by atoms with Gasteiger partial charge in [0.05, 0.1) is 143 Å². The molecule has 14 heteroatoms. The minimum atomic E-state index is 0.572. The van der Waals surface area contributed by atoms with E-state index in [0.717, 1.165) is 120 Å². The molecular formula is C68H30N14. The van der Waals surface area contributed by atoms with Gasteiger partial charge in [-0.1, -0.05) is 72.8 Å². The Morgan fingerprint density at radius 2 is 0.354 bits per heavy atom. The second kappa shape index (κ2) is 15.1. The maximum absolute atomic E-state index is 5.70. The molecule has 0 amide bonds. The zero-order valence-corrected chi connectivity index (χ0v) is 42.6. The van der Waals surface area contributed by atoms with Crippen LogP contribution in [-0.4, -0.2) is 69.8 Å². The minimum absolute atomic E-state index is 0.572. The van der Waals surface area contributed by atoms with Crippen molar-refractivity contribution >= 4 is 208 Å². The van der Waals surface area contributed by atoms with Crippen molar-refractivity contribution in [1.82, 2.24) is 69.8 Å². The molecule has 0 spiro atoms. The third kappa shape index (κ3) is 5.79. The summed E-state index contributed by atoms with van der Waals surface area (Å²) in [4.78, 5) is 75.8. The van der Waals surface area contributed by atoms with Crippen LogP contribution in [-0.2, 0) is 0 Å². The van der Waals surface area contributed by atoms with Crippen molar-refractivity contribution in [2.45, 2.75) is 0 Å². The predicted molar refractivity (Wildman–Crippen MR) is 328 cm³/mol. The van der Waals surface area contributed by atoms with Crippen LogP contribution in [0.4, 0.5) is 0 Å². The van der Waals surface area contributed by atoms with Gasteiger partial charge in [-0.15, -0.1) is 0 Å². The molecule has 0 aliphatic rings. The van der Waals surface area contributed by atoms with Crippen LogP contribution in [0, 0.1) is 0 Å². The first kappa shape index (κ1) is 42.4. The summed E-state index contributed by atoms with van der Waals surface area (Å²) in [6.45, 7) is 0. The normalized spacial score (nSPS) is 12.6. The van der Waals surface area contributed by atoms with Crippen molar-refractivity contribution in [2.75, 3.05) is 0 Å². The highest BCUT2D eigenvalue weighted by atomic mass is 14.9. The molecule has 20 rings (SSSR count). The number of hydrogen-bond donors (Lipinski definition) is 0. The van der Waals surface area contributed by atoms with E-state index in [1.54, 1.807) is 0 Å². The number of nitrogens with zero attached hydrogens (tertiary/aromatic N) is 14. The van der Waals surface area contributed by atoms with E-state index in [1.165, 1.54) is 0 Å². The van der Waals surface area contributed by atoms with E-state index in [0.29, 0.717) is 88.3 Å². The molecule has 0 fully saturated rings. The first-order chi connectivity index (χ1) is 40.5. The predicted octanol–water partition coefficient (Wildman–Crippen LogP) is 15.1. The van der Waals surface area contributed by atoms with E-state index < -0.39 is 0 Å². The zero-order chi connectivity index (χ0) is 53.1. The van der Waals surface area contributed by atoms with E-state index >= 15 is 0 Å². The van der Waals surface area contributed by atoms with Gasteiger partial charge in [-0.2, -0.15) is 0 Å². The Morgan fingerprint density at radius 3 is 0.646 bits per heavy atom. The molecule has 17 heterocycles. The largest absolute Gasteiger partial charge is 0.255 e. The highest BCUT2D eigenvalue weighted by Crippen LogP contribution is 2.38. The molecule has 0 aliphatic carbocycles. The van der Waals surface area contributed by atoms with E-state index in [-0.39, 0.29) is 0 Å². The summed E-state index contributed by atoms with van der Waals surface area (Å²) in [5.41, 5.74) is 17.8. The standard InChI is InChI=1S/C68H30N14/c1-3-33-11-17-47-41-29-55-56-30-42-48-18-12-34-4-2-32-8-14-44(72-58(32)60(34)76-48)38-24-26-70-52-22-20-50(78-64(38)52)54-28-40(68(82-56)66(42)80-54)46-16-10-36-6-5-35-9-15-45(73-61(35)62(36)74-46)39-27-53(79-65(41)67(39)81-55)49-19-21-51-63(77-49)37(23-25-69-51)43-13-7-31(1)57(71-43)59(33)75-47/h1-30H. The monoisotopic (exact) mass is 1040 g/mol. The average molecular weight is 1040 g/mol. The van der Waals surface area contributed by atoms with Crippen LogP contribution in [0.1, 0.15) is 0 Å². The van der Waals surface area contributed by atoms with Gasteiger partial charge in [-0.3, -0.25) is 9.97 Å². The molecule has 0 saturated heterocycles. The van der Waals surface area contributed by atoms with Crippen LogP contribution in [0.5, 0.6) is 0 Å². The first-order valence-corrected chi connectivity index (χ1v) is 26.9. The summed E-state index contributed by atoms with van der Waals surface area (Å²) in [6.07, 6.45) is 3.62. The molecule has 0 atom stereocenters. The highest BCUT2D eigenvalue weighted by molar-refractivity contribution is 6.21. The molecule has 3 aromatic carbocycles. The molecule has 17 aromatic heterocycles. The van der Waals surface area contributed by atoms with E-state index in [4.69, 9.17) is 69.8 Å². The van der Waals surface area contributed by atoms with Crippen molar-refractivity contribution in [1.29, 1.82) is 0 Å². The Bertz CT molecular complexity index is 6080. The lowest BCUT2D eigenvalue weighted by molar-refractivity contribution is 1.37. The van der Waals surface area contributed by atoms with E-state index in [1.807, 2.05) is 60.9 Å². The number of pyridine rings is 14. The Kier molecular flexibility index (Phi) is 7.82. The van der Waals surface area contributed by atoms with Crippen LogP contribution < -0.4 is 0 Å². The van der Waals surface area contributed by atoms with Crippen LogP contribution in [0.2, 0.25) is 0 Å². The van der Waals surface area contributed by atoms with Gasteiger partial charge in [0.25, 0.3) is 0 Å². The smallest absolute Gasteiger partial charge is 0.0996 e. The highest BCUT2D eigenvalue weighted by Gasteiger charge is 2.19. The first-order valence-electron chi connectivity index (χ1n) is 26.9. The Morgan fingerprint density at radius 1 is 0.146 bits per heavy atom. The fourth-order valence-electron chi connectivity index (χ4n) is 12.7. The third-order valence-corrected chi connectivity index (χ3v) is 16.7. The summed E-state index contributed by atoms with van der Waals surface area (Å²) in [7, 11) is 0. The molecule has 0 radical (unpaired) electrons. The Labute approximate surface area is 457 Å². The number of benzene rings is 3. The number of rotatable bonds is 0. The lowest BCUT2D eigenvalue weighted by Crippen LogP contribution is -1.95. The molecule has 24 bridgehead atoms. The van der Waals surface area contributed by atoms with Gasteiger partial charge < -0.3 is 0 Å². The summed E-state index contributed by atoms with van der Waals surface area (Å²) < 4.78 is 0. The van der Waals surface area contributed by atoms with Gasteiger partial charge in [-0.25, -0.2) is 59.8 Å². The molecule has 0 unspecified atom stereocenters. The summed E-state index contributed by atoms with van der Waals surface area (Å²) in [5.74, 6) is 0. The quantitative estimate of drug-likeness (QED) is 0.131. The van der Waals surface area contributed by atoms with E-state index in [9.17, 15) is 0 Å². The molecule has 14 nitrogen and oxygen atoms in total. The van der Waals surface area contributed by atoms with Gasteiger partial charge in [0.15, 0.2) is 0 Å². The molecule has 0 aliphatic heterocycles. The van der Waals surface area contributed by atoms with Gasteiger partial charge in [0.1, 0.15) is 0 Å². The maximum Gasteiger partial charge on any atom is 0.0996 e. The summed E-state index contributed by atoms with van der Waals surface area (Å²) in [6, 6.07) is 57.7.